The van der Waals surface area contributed by atoms with Gasteiger partial charge >= 0.3 is 0 Å². The number of para-hydroxylation sites is 1. The predicted octanol–water partition coefficient (Wildman–Crippen LogP) is 3.51. The number of rotatable bonds is 6. The number of aromatic nitrogens is 4. The van der Waals surface area contributed by atoms with Gasteiger partial charge in [-0.25, -0.2) is 0 Å². The quantitative estimate of drug-likeness (QED) is 0.620. The van der Waals surface area contributed by atoms with Crippen LogP contribution in [0.3, 0.4) is 0 Å². The van der Waals surface area contributed by atoms with Gasteiger partial charge in [-0.05, 0) is 37.8 Å². The Kier molecular flexibility index (Phi) is 5.26. The van der Waals surface area contributed by atoms with Crippen LogP contribution in [-0.4, -0.2) is 37.6 Å². The molecular formula is C19H24N4O2S. The van der Waals surface area contributed by atoms with Gasteiger partial charge in [-0.2, -0.15) is 0 Å². The van der Waals surface area contributed by atoms with Crippen LogP contribution in [0.2, 0.25) is 0 Å². The number of fused-ring (bicyclic) bond motifs is 3. The number of hydrogen-bond donors (Lipinski definition) is 0. The third kappa shape index (κ3) is 3.25. The van der Waals surface area contributed by atoms with E-state index in [4.69, 9.17) is 4.74 Å². The van der Waals surface area contributed by atoms with Crippen LogP contribution < -0.4 is 5.56 Å². The Labute approximate surface area is 156 Å². The molecule has 0 amide bonds. The van der Waals surface area contributed by atoms with Crippen LogP contribution in [-0.2, 0) is 11.3 Å². The van der Waals surface area contributed by atoms with Crippen molar-refractivity contribution in [3.63, 3.8) is 0 Å². The summed E-state index contributed by atoms with van der Waals surface area (Å²) in [5.41, 5.74) is 0.887. The molecule has 1 aliphatic heterocycles. The first-order valence-corrected chi connectivity index (χ1v) is 10.4. The monoisotopic (exact) mass is 372 g/mol. The highest BCUT2D eigenvalue weighted by Gasteiger charge is 2.19. The molecular weight excluding hydrogens is 348 g/mol. The summed E-state index contributed by atoms with van der Waals surface area (Å²) in [6.07, 6.45) is 5.73. The van der Waals surface area contributed by atoms with Crippen molar-refractivity contribution in [3.8, 4) is 0 Å². The van der Waals surface area contributed by atoms with E-state index in [0.29, 0.717) is 17.7 Å². The Morgan fingerprint density at radius 2 is 2.15 bits per heavy atom. The topological polar surface area (TPSA) is 61.4 Å². The minimum atomic E-state index is 0.0149. The summed E-state index contributed by atoms with van der Waals surface area (Å²) in [7, 11) is 0. The molecule has 1 fully saturated rings. The van der Waals surface area contributed by atoms with E-state index in [9.17, 15) is 4.79 Å². The van der Waals surface area contributed by atoms with Crippen LogP contribution in [0.25, 0.3) is 16.7 Å². The second-order valence-electron chi connectivity index (χ2n) is 6.75. The number of hydrogen-bond acceptors (Lipinski definition) is 5. The van der Waals surface area contributed by atoms with Gasteiger partial charge in [0.2, 0.25) is 5.78 Å². The Hall–Kier alpha value is -1.86. The van der Waals surface area contributed by atoms with E-state index in [1.807, 2.05) is 28.7 Å². The number of benzene rings is 1. The molecule has 0 bridgehead atoms. The largest absolute Gasteiger partial charge is 0.377 e. The molecule has 26 heavy (non-hydrogen) atoms. The zero-order chi connectivity index (χ0) is 17.9. The lowest BCUT2D eigenvalue weighted by atomic mass is 10.1. The Bertz CT molecular complexity index is 959. The van der Waals surface area contributed by atoms with Crippen LogP contribution in [0.4, 0.5) is 0 Å². The molecule has 4 rings (SSSR count). The van der Waals surface area contributed by atoms with Crippen molar-refractivity contribution in [1.82, 2.24) is 19.2 Å². The fourth-order valence-electron chi connectivity index (χ4n) is 3.45. The fourth-order valence-corrected chi connectivity index (χ4v) is 4.46. The molecule has 1 aliphatic rings. The molecule has 0 unspecified atom stereocenters. The normalized spacial score (nSPS) is 18.0. The summed E-state index contributed by atoms with van der Waals surface area (Å²) in [5, 5.41) is 10.3. The molecule has 0 aliphatic carbocycles. The minimum Gasteiger partial charge on any atom is -0.377 e. The van der Waals surface area contributed by atoms with Crippen LogP contribution >= 0.6 is 11.8 Å². The minimum absolute atomic E-state index is 0.0149. The number of nitrogens with zero attached hydrogens (tertiary/aromatic N) is 4. The summed E-state index contributed by atoms with van der Waals surface area (Å²) in [6, 6.07) is 7.72. The standard InChI is InChI=1S/C19H24N4O2S/c1-2-3-11-22-17(24)15-9-4-5-10-16(15)23-18(22)20-21-19(23)26-13-14-8-6-7-12-25-14/h4-5,9-10,14H,2-3,6-8,11-13H2,1H3/t14-/m0/s1. The predicted molar refractivity (Wildman–Crippen MR) is 104 cm³/mol. The molecule has 6 nitrogen and oxygen atoms in total. The molecule has 138 valence electrons. The van der Waals surface area contributed by atoms with Gasteiger partial charge in [0, 0.05) is 18.9 Å². The van der Waals surface area contributed by atoms with E-state index in [1.165, 1.54) is 6.42 Å². The lowest BCUT2D eigenvalue weighted by molar-refractivity contribution is 0.0315. The number of ether oxygens (including phenoxy) is 1. The average Bonchev–Trinajstić information content (AvgIpc) is 3.11. The maximum atomic E-state index is 12.9. The van der Waals surface area contributed by atoms with E-state index in [-0.39, 0.29) is 11.7 Å². The Morgan fingerprint density at radius 1 is 1.27 bits per heavy atom. The first-order chi connectivity index (χ1) is 12.8. The molecule has 0 spiro atoms. The van der Waals surface area contributed by atoms with Gasteiger partial charge in [-0.3, -0.25) is 13.8 Å². The lowest BCUT2D eigenvalue weighted by Gasteiger charge is -2.21. The molecule has 0 radical (unpaired) electrons. The number of aryl methyl sites for hydroxylation is 1. The van der Waals surface area contributed by atoms with Gasteiger partial charge < -0.3 is 4.74 Å². The Balaban J connectivity index is 1.77. The van der Waals surface area contributed by atoms with E-state index in [1.54, 1.807) is 16.3 Å². The van der Waals surface area contributed by atoms with Gasteiger partial charge in [0.1, 0.15) is 0 Å². The maximum Gasteiger partial charge on any atom is 0.262 e. The van der Waals surface area contributed by atoms with Gasteiger partial charge in [-0.15, -0.1) is 10.2 Å². The van der Waals surface area contributed by atoms with E-state index < -0.39 is 0 Å². The molecule has 0 N–H and O–H groups in total. The molecule has 0 saturated carbocycles. The first kappa shape index (κ1) is 17.5. The molecule has 1 atom stereocenters. The molecule has 3 heterocycles. The van der Waals surface area contributed by atoms with Crippen molar-refractivity contribution in [2.45, 2.75) is 56.8 Å². The summed E-state index contributed by atoms with van der Waals surface area (Å²) in [6.45, 7) is 3.64. The van der Waals surface area contributed by atoms with Crippen LogP contribution in [0.1, 0.15) is 39.0 Å². The number of unbranched alkanes of at least 4 members (excludes halogenated alkanes) is 1. The van der Waals surface area contributed by atoms with Crippen molar-refractivity contribution >= 4 is 28.4 Å². The van der Waals surface area contributed by atoms with E-state index in [0.717, 1.165) is 48.7 Å². The first-order valence-electron chi connectivity index (χ1n) is 9.40. The van der Waals surface area contributed by atoms with Crippen LogP contribution in [0.5, 0.6) is 0 Å². The van der Waals surface area contributed by atoms with Gasteiger partial charge in [0.25, 0.3) is 5.56 Å². The number of thioether (sulfide) groups is 1. The Morgan fingerprint density at radius 3 is 2.96 bits per heavy atom. The van der Waals surface area contributed by atoms with Crippen molar-refractivity contribution in [1.29, 1.82) is 0 Å². The van der Waals surface area contributed by atoms with Gasteiger partial charge in [0.05, 0.1) is 17.0 Å². The van der Waals surface area contributed by atoms with Crippen molar-refractivity contribution in [3.05, 3.63) is 34.6 Å². The van der Waals surface area contributed by atoms with E-state index >= 15 is 0 Å². The SMILES string of the molecule is CCCCn1c(=O)c2ccccc2n2c(SC[C@@H]3CCCCO3)nnc12. The van der Waals surface area contributed by atoms with Crippen molar-refractivity contribution in [2.75, 3.05) is 12.4 Å². The third-order valence-electron chi connectivity index (χ3n) is 4.89. The molecule has 7 heteroatoms. The smallest absolute Gasteiger partial charge is 0.262 e. The zero-order valence-electron chi connectivity index (χ0n) is 15.1. The van der Waals surface area contributed by atoms with Gasteiger partial charge in [-0.1, -0.05) is 37.2 Å². The maximum absolute atomic E-state index is 12.9. The second kappa shape index (κ2) is 7.80. The summed E-state index contributed by atoms with van der Waals surface area (Å²) in [4.78, 5) is 12.9. The summed E-state index contributed by atoms with van der Waals surface area (Å²) >= 11 is 1.67. The highest BCUT2D eigenvalue weighted by atomic mass is 32.2. The molecule has 3 aromatic rings. The van der Waals surface area contributed by atoms with Crippen molar-refractivity contribution < 1.29 is 4.74 Å². The highest BCUT2D eigenvalue weighted by molar-refractivity contribution is 7.99. The average molecular weight is 372 g/mol. The lowest BCUT2D eigenvalue weighted by Crippen LogP contribution is -2.23. The molecule has 2 aromatic heterocycles. The fraction of sp³-hybridized carbons (Fsp3) is 0.526. The summed E-state index contributed by atoms with van der Waals surface area (Å²) in [5.74, 6) is 1.50. The molecule has 1 aromatic carbocycles. The second-order valence-corrected chi connectivity index (χ2v) is 7.73. The van der Waals surface area contributed by atoms with E-state index in [2.05, 4.69) is 17.1 Å². The zero-order valence-corrected chi connectivity index (χ0v) is 15.9. The van der Waals surface area contributed by atoms with Crippen molar-refractivity contribution in [2.24, 2.45) is 0 Å². The highest BCUT2D eigenvalue weighted by Crippen LogP contribution is 2.25. The van der Waals surface area contributed by atoms with Gasteiger partial charge in [0.15, 0.2) is 5.16 Å². The molecule has 1 saturated heterocycles. The third-order valence-corrected chi connectivity index (χ3v) is 5.95. The van der Waals surface area contributed by atoms with Crippen LogP contribution in [0, 0.1) is 0 Å². The summed E-state index contributed by atoms with van der Waals surface area (Å²) < 4.78 is 9.63. The van der Waals surface area contributed by atoms with Crippen LogP contribution in [0.15, 0.2) is 34.2 Å².